The number of fused-ring (bicyclic) bond motifs is 9. The van der Waals surface area contributed by atoms with Gasteiger partial charge in [-0.05, 0) is 138 Å². The molecule has 0 spiro atoms. The molecule has 0 aromatic heterocycles. The molecular weight excluding hydrogens is 637 g/mol. The molecule has 1 aliphatic rings. The lowest BCUT2D eigenvalue weighted by Crippen LogP contribution is -2.18. The normalized spacial score (nSPS) is 13.9. The smallest absolute Gasteiger partial charge is 0.0159 e. The van der Waals surface area contributed by atoms with E-state index < -0.39 is 0 Å². The van der Waals surface area contributed by atoms with Crippen LogP contribution in [-0.4, -0.2) is 0 Å². The van der Waals surface area contributed by atoms with Crippen LogP contribution in [0.5, 0.6) is 0 Å². The van der Waals surface area contributed by atoms with E-state index in [-0.39, 0.29) is 10.8 Å². The summed E-state index contributed by atoms with van der Waals surface area (Å²) in [5.74, 6) is 0. The second kappa shape index (κ2) is 10.6. The van der Waals surface area contributed by atoms with Crippen molar-refractivity contribution in [2.45, 2.75) is 45.4 Å². The molecule has 0 nitrogen and oxygen atoms in total. The molecular formula is C53H40. The van der Waals surface area contributed by atoms with E-state index >= 15 is 0 Å². The highest BCUT2D eigenvalue weighted by Crippen LogP contribution is 2.55. The van der Waals surface area contributed by atoms with Gasteiger partial charge in [-0.15, -0.1) is 0 Å². The third-order valence-electron chi connectivity index (χ3n) is 12.5. The first-order valence-corrected chi connectivity index (χ1v) is 19.0. The second-order valence-corrected chi connectivity index (χ2v) is 16.9. The van der Waals surface area contributed by atoms with E-state index in [0.717, 1.165) is 0 Å². The molecule has 0 heteroatoms. The summed E-state index contributed by atoms with van der Waals surface area (Å²) in [5, 5.41) is 15.9. The lowest BCUT2D eigenvalue weighted by Gasteiger charge is -2.27. The minimum absolute atomic E-state index is 0.00491. The van der Waals surface area contributed by atoms with E-state index in [9.17, 15) is 0 Å². The summed E-state index contributed by atoms with van der Waals surface area (Å²) in [4.78, 5) is 0. The summed E-state index contributed by atoms with van der Waals surface area (Å²) in [6.45, 7) is 11.9. The minimum atomic E-state index is -0.163. The molecule has 0 saturated carbocycles. The zero-order chi connectivity index (χ0) is 35.8. The van der Waals surface area contributed by atoms with Crippen molar-refractivity contribution in [3.8, 4) is 33.4 Å². The van der Waals surface area contributed by atoms with Gasteiger partial charge in [0.2, 0.25) is 0 Å². The largest absolute Gasteiger partial charge is 0.0616 e. The van der Waals surface area contributed by atoms with Gasteiger partial charge in [0.1, 0.15) is 0 Å². The van der Waals surface area contributed by atoms with Gasteiger partial charge < -0.3 is 0 Å². The van der Waals surface area contributed by atoms with Crippen molar-refractivity contribution >= 4 is 64.6 Å². The Morgan fingerprint density at radius 3 is 1.77 bits per heavy atom. The molecule has 0 aliphatic heterocycles. The van der Waals surface area contributed by atoms with Gasteiger partial charge in [0.05, 0.1) is 0 Å². The van der Waals surface area contributed by atoms with Gasteiger partial charge in [-0.3, -0.25) is 0 Å². The van der Waals surface area contributed by atoms with Crippen molar-refractivity contribution in [1.82, 2.24) is 0 Å². The van der Waals surface area contributed by atoms with Crippen LogP contribution in [0.2, 0.25) is 0 Å². The van der Waals surface area contributed by atoms with Crippen molar-refractivity contribution in [3.05, 3.63) is 168 Å². The molecule has 11 rings (SSSR count). The lowest BCUT2D eigenvalue weighted by molar-refractivity contribution is 0.585. The molecule has 53 heavy (non-hydrogen) atoms. The number of hydrogen-bond acceptors (Lipinski definition) is 0. The van der Waals surface area contributed by atoms with Gasteiger partial charge in [0, 0.05) is 5.41 Å². The quantitative estimate of drug-likeness (QED) is 0.126. The standard InChI is InChI=1S/C53H40/c1-52(2,3)36-29-46(41-25-26-44-40-15-9-8-14-39(40)42-16-10-12-32-19-23-43(41)51(44)49(32)42)50-45-24-21-34(28-47(45)53(4,5)48(50)30-36)33-20-22-38-35(27-33)18-17-31-11-6-7-13-37(31)38/h6-30H,1-5H3. The van der Waals surface area contributed by atoms with Crippen LogP contribution < -0.4 is 0 Å². The van der Waals surface area contributed by atoms with Crippen LogP contribution in [0, 0.1) is 0 Å². The predicted octanol–water partition coefficient (Wildman–Crippen LogP) is 15.0. The monoisotopic (exact) mass is 676 g/mol. The summed E-state index contributed by atoms with van der Waals surface area (Å²) < 4.78 is 0. The molecule has 0 atom stereocenters. The zero-order valence-corrected chi connectivity index (χ0v) is 30.9. The van der Waals surface area contributed by atoms with Crippen LogP contribution >= 0.6 is 0 Å². The minimum Gasteiger partial charge on any atom is -0.0616 e. The molecule has 0 amide bonds. The third kappa shape index (κ3) is 4.24. The van der Waals surface area contributed by atoms with Gasteiger partial charge in [0.15, 0.2) is 0 Å². The Hall–Kier alpha value is -5.98. The summed E-state index contributed by atoms with van der Waals surface area (Å²) in [5.41, 5.74) is 12.0. The van der Waals surface area contributed by atoms with Crippen LogP contribution in [-0.2, 0) is 10.8 Å². The van der Waals surface area contributed by atoms with Gasteiger partial charge in [0.25, 0.3) is 0 Å². The van der Waals surface area contributed by atoms with Crippen molar-refractivity contribution < 1.29 is 0 Å². The van der Waals surface area contributed by atoms with Gasteiger partial charge in [-0.1, -0.05) is 168 Å². The fourth-order valence-electron chi connectivity index (χ4n) is 9.73. The Bertz CT molecular complexity index is 3160. The fraction of sp³-hybridized carbons (Fsp3) is 0.132. The highest BCUT2D eigenvalue weighted by Gasteiger charge is 2.39. The second-order valence-electron chi connectivity index (χ2n) is 16.9. The molecule has 0 heterocycles. The Morgan fingerprint density at radius 1 is 0.377 bits per heavy atom. The third-order valence-corrected chi connectivity index (χ3v) is 12.5. The van der Waals surface area contributed by atoms with Crippen molar-refractivity contribution in [2.75, 3.05) is 0 Å². The molecule has 0 bridgehead atoms. The average molecular weight is 677 g/mol. The molecule has 0 saturated heterocycles. The SMILES string of the molecule is CC(C)(C)c1cc(-c2ccc3c4ccccc4c4cccc5ccc2c3c54)c2c(c1)C(C)(C)c1cc(-c3ccc4c(ccc5ccccc54)c3)ccc1-2. The van der Waals surface area contributed by atoms with Crippen molar-refractivity contribution in [2.24, 2.45) is 0 Å². The highest BCUT2D eigenvalue weighted by molar-refractivity contribution is 6.35. The Kier molecular flexibility index (Phi) is 6.10. The number of benzene rings is 10. The van der Waals surface area contributed by atoms with Crippen LogP contribution in [0.25, 0.3) is 98.0 Å². The van der Waals surface area contributed by atoms with E-state index in [1.807, 2.05) is 0 Å². The summed E-state index contributed by atoms with van der Waals surface area (Å²) >= 11 is 0. The zero-order valence-electron chi connectivity index (χ0n) is 30.9. The summed E-state index contributed by atoms with van der Waals surface area (Å²) in [6.07, 6.45) is 0. The van der Waals surface area contributed by atoms with Crippen LogP contribution in [0.1, 0.15) is 51.3 Å². The molecule has 0 N–H and O–H groups in total. The van der Waals surface area contributed by atoms with Gasteiger partial charge in [-0.2, -0.15) is 0 Å². The fourth-order valence-corrected chi connectivity index (χ4v) is 9.73. The number of rotatable bonds is 2. The van der Waals surface area contributed by atoms with E-state index in [1.54, 1.807) is 0 Å². The van der Waals surface area contributed by atoms with E-state index in [2.05, 4.69) is 186 Å². The average Bonchev–Trinajstić information content (AvgIpc) is 3.41. The summed E-state index contributed by atoms with van der Waals surface area (Å²) in [7, 11) is 0. The molecule has 0 unspecified atom stereocenters. The van der Waals surface area contributed by atoms with E-state index in [4.69, 9.17) is 0 Å². The van der Waals surface area contributed by atoms with E-state index in [0.29, 0.717) is 0 Å². The number of hydrogen-bond donors (Lipinski definition) is 0. The highest BCUT2D eigenvalue weighted by atomic mass is 14.4. The predicted molar refractivity (Wildman–Crippen MR) is 230 cm³/mol. The molecule has 252 valence electrons. The van der Waals surface area contributed by atoms with Gasteiger partial charge in [-0.25, -0.2) is 0 Å². The van der Waals surface area contributed by atoms with Crippen LogP contribution in [0.4, 0.5) is 0 Å². The van der Waals surface area contributed by atoms with Crippen molar-refractivity contribution in [3.63, 3.8) is 0 Å². The first-order chi connectivity index (χ1) is 25.7. The van der Waals surface area contributed by atoms with E-state index in [1.165, 1.54) is 115 Å². The maximum Gasteiger partial charge on any atom is 0.0159 e. The Morgan fingerprint density at radius 2 is 0.962 bits per heavy atom. The summed E-state index contributed by atoms with van der Waals surface area (Å²) in [6, 6.07) is 57.7. The molecule has 1 aliphatic carbocycles. The molecule has 10 aromatic rings. The maximum atomic E-state index is 2.52. The topological polar surface area (TPSA) is 0 Å². The van der Waals surface area contributed by atoms with Crippen molar-refractivity contribution in [1.29, 1.82) is 0 Å². The Labute approximate surface area is 310 Å². The van der Waals surface area contributed by atoms with Crippen LogP contribution in [0.15, 0.2) is 152 Å². The molecule has 0 fully saturated rings. The Balaban J connectivity index is 1.16. The lowest BCUT2D eigenvalue weighted by atomic mass is 9.76. The first-order valence-electron chi connectivity index (χ1n) is 19.0. The molecule has 10 aromatic carbocycles. The maximum absolute atomic E-state index is 2.52. The van der Waals surface area contributed by atoms with Crippen LogP contribution in [0.3, 0.4) is 0 Å². The first kappa shape index (κ1) is 30.6. The van der Waals surface area contributed by atoms with Gasteiger partial charge >= 0.3 is 0 Å². The molecule has 0 radical (unpaired) electrons.